The van der Waals surface area contributed by atoms with Crippen LogP contribution in [-0.2, 0) is 9.53 Å². The highest BCUT2D eigenvalue weighted by Crippen LogP contribution is 2.35. The van der Waals surface area contributed by atoms with Crippen molar-refractivity contribution in [3.05, 3.63) is 0 Å². The van der Waals surface area contributed by atoms with Crippen LogP contribution in [0.2, 0.25) is 0 Å². The topological polar surface area (TPSA) is 72.5 Å². The first-order valence-electron chi connectivity index (χ1n) is 5.02. The Labute approximate surface area is 96.6 Å². The third-order valence-corrected chi connectivity index (χ3v) is 3.33. The lowest BCUT2D eigenvalue weighted by Gasteiger charge is -2.39. The van der Waals surface area contributed by atoms with E-state index in [1.54, 1.807) is 7.11 Å². The Balaban J connectivity index is 0.00000196. The summed E-state index contributed by atoms with van der Waals surface area (Å²) in [5.41, 5.74) is 4.84. The van der Waals surface area contributed by atoms with E-state index < -0.39 is 11.5 Å². The smallest absolute Gasteiger partial charge is 0.323 e. The van der Waals surface area contributed by atoms with Crippen molar-refractivity contribution in [3.63, 3.8) is 0 Å². The number of aliphatic carboxylic acids is 1. The molecule has 1 saturated carbocycles. The van der Waals surface area contributed by atoms with Crippen LogP contribution in [0.25, 0.3) is 0 Å². The van der Waals surface area contributed by atoms with Crippen LogP contribution in [0.4, 0.5) is 0 Å². The number of hydrogen-bond donors (Lipinski definition) is 2. The van der Waals surface area contributed by atoms with Crippen LogP contribution in [0.1, 0.15) is 26.2 Å². The van der Waals surface area contributed by atoms with Gasteiger partial charge in [-0.25, -0.2) is 0 Å². The molecule has 0 aromatic heterocycles. The van der Waals surface area contributed by atoms with Crippen LogP contribution in [0.5, 0.6) is 0 Å². The number of carboxylic acids is 1. The molecule has 0 saturated heterocycles. The van der Waals surface area contributed by atoms with Crippen molar-refractivity contribution in [2.75, 3.05) is 13.7 Å². The summed E-state index contributed by atoms with van der Waals surface area (Å²) in [6.07, 6.45) is 2.25. The van der Waals surface area contributed by atoms with Gasteiger partial charge in [-0.2, -0.15) is 0 Å². The summed E-state index contributed by atoms with van der Waals surface area (Å²) in [7, 11) is 1.67. The number of carbonyl (C=O) groups is 1. The van der Waals surface area contributed by atoms with Gasteiger partial charge in [-0.15, -0.1) is 12.4 Å². The predicted octanol–water partition coefficient (Wildman–Crippen LogP) is 1.27. The Morgan fingerprint density at radius 2 is 2.27 bits per heavy atom. The van der Waals surface area contributed by atoms with Crippen LogP contribution in [0, 0.1) is 11.8 Å². The Bertz CT molecular complexity index is 225. The van der Waals surface area contributed by atoms with E-state index in [0.717, 1.165) is 12.8 Å². The van der Waals surface area contributed by atoms with Gasteiger partial charge in [0.25, 0.3) is 0 Å². The standard InChI is InChI=1S/C10H19NO3.ClH/c1-7-5-8(6-14-2)3-4-10(7,11)9(12)13;/h7-8H,3-6,11H2,1-2H3,(H,12,13);1H/t7-,8?,10-;/m0./s1. The average Bonchev–Trinajstić information content (AvgIpc) is 2.12. The van der Waals surface area contributed by atoms with Crippen molar-refractivity contribution in [1.82, 2.24) is 0 Å². The second-order valence-corrected chi connectivity index (χ2v) is 4.34. The second-order valence-electron chi connectivity index (χ2n) is 4.34. The Morgan fingerprint density at radius 3 is 2.67 bits per heavy atom. The summed E-state index contributed by atoms with van der Waals surface area (Å²) >= 11 is 0. The number of hydrogen-bond acceptors (Lipinski definition) is 3. The molecular weight excluding hydrogens is 218 g/mol. The van der Waals surface area contributed by atoms with Gasteiger partial charge in [0, 0.05) is 13.7 Å². The van der Waals surface area contributed by atoms with Gasteiger partial charge in [0.15, 0.2) is 0 Å². The van der Waals surface area contributed by atoms with Gasteiger partial charge in [0.2, 0.25) is 0 Å². The monoisotopic (exact) mass is 237 g/mol. The number of carboxylic acid groups (broad SMARTS) is 1. The molecule has 0 amide bonds. The quantitative estimate of drug-likeness (QED) is 0.776. The fraction of sp³-hybridized carbons (Fsp3) is 0.900. The minimum Gasteiger partial charge on any atom is -0.480 e. The van der Waals surface area contributed by atoms with Crippen molar-refractivity contribution < 1.29 is 14.6 Å². The first-order valence-corrected chi connectivity index (χ1v) is 5.02. The van der Waals surface area contributed by atoms with Crippen LogP contribution in [-0.4, -0.2) is 30.3 Å². The molecule has 5 heteroatoms. The van der Waals surface area contributed by atoms with Crippen LogP contribution in [0.15, 0.2) is 0 Å². The molecule has 0 bridgehead atoms. The van der Waals surface area contributed by atoms with Crippen molar-refractivity contribution in [2.45, 2.75) is 31.7 Å². The maximum Gasteiger partial charge on any atom is 0.323 e. The highest BCUT2D eigenvalue weighted by molar-refractivity contribution is 5.85. The van der Waals surface area contributed by atoms with E-state index >= 15 is 0 Å². The predicted molar refractivity (Wildman–Crippen MR) is 60.2 cm³/mol. The lowest BCUT2D eigenvalue weighted by atomic mass is 9.70. The third-order valence-electron chi connectivity index (χ3n) is 3.33. The molecule has 3 N–H and O–H groups in total. The largest absolute Gasteiger partial charge is 0.480 e. The molecule has 3 atom stereocenters. The highest BCUT2D eigenvalue weighted by atomic mass is 35.5. The van der Waals surface area contributed by atoms with Gasteiger partial charge in [0.1, 0.15) is 5.54 Å². The fourth-order valence-electron chi connectivity index (χ4n) is 2.22. The van der Waals surface area contributed by atoms with Gasteiger partial charge < -0.3 is 15.6 Å². The molecule has 1 unspecified atom stereocenters. The molecule has 4 nitrogen and oxygen atoms in total. The molecule has 0 aromatic carbocycles. The Hall–Kier alpha value is -0.320. The highest BCUT2D eigenvalue weighted by Gasteiger charge is 2.43. The fourth-order valence-corrected chi connectivity index (χ4v) is 2.22. The van der Waals surface area contributed by atoms with Gasteiger partial charge in [-0.05, 0) is 31.1 Å². The second kappa shape index (κ2) is 5.68. The summed E-state index contributed by atoms with van der Waals surface area (Å²) in [5.74, 6) is -0.388. The Kier molecular flexibility index (Phi) is 5.56. The molecule has 1 aliphatic rings. The van der Waals surface area contributed by atoms with Gasteiger partial charge in [-0.3, -0.25) is 4.79 Å². The van der Waals surface area contributed by atoms with E-state index in [4.69, 9.17) is 15.6 Å². The summed E-state index contributed by atoms with van der Waals surface area (Å²) in [6, 6.07) is 0. The molecule has 1 rings (SSSR count). The number of methoxy groups -OCH3 is 1. The average molecular weight is 238 g/mol. The maximum atomic E-state index is 11.0. The lowest BCUT2D eigenvalue weighted by molar-refractivity contribution is -0.147. The minimum atomic E-state index is -1.02. The van der Waals surface area contributed by atoms with Crippen LogP contribution < -0.4 is 5.73 Å². The van der Waals surface area contributed by atoms with E-state index in [0.29, 0.717) is 18.9 Å². The molecular formula is C10H20ClNO3. The molecule has 90 valence electrons. The summed E-state index contributed by atoms with van der Waals surface area (Å²) in [6.45, 7) is 2.62. The first kappa shape index (κ1) is 14.7. The first-order chi connectivity index (χ1) is 6.50. The van der Waals surface area contributed by atoms with E-state index in [9.17, 15) is 4.79 Å². The normalized spacial score (nSPS) is 35.7. The zero-order chi connectivity index (χ0) is 10.8. The van der Waals surface area contributed by atoms with E-state index in [-0.39, 0.29) is 18.3 Å². The molecule has 0 spiro atoms. The van der Waals surface area contributed by atoms with Crippen molar-refractivity contribution in [2.24, 2.45) is 17.6 Å². The van der Waals surface area contributed by atoms with Crippen LogP contribution >= 0.6 is 12.4 Å². The molecule has 0 heterocycles. The summed E-state index contributed by atoms with van der Waals surface area (Å²) < 4.78 is 5.07. The number of rotatable bonds is 3. The molecule has 1 fully saturated rings. The minimum absolute atomic E-state index is 0. The van der Waals surface area contributed by atoms with Crippen molar-refractivity contribution in [3.8, 4) is 0 Å². The van der Waals surface area contributed by atoms with Crippen molar-refractivity contribution in [1.29, 1.82) is 0 Å². The van der Waals surface area contributed by atoms with Crippen LogP contribution in [0.3, 0.4) is 0 Å². The number of ether oxygens (including phenoxy) is 1. The maximum absolute atomic E-state index is 11.0. The van der Waals surface area contributed by atoms with Gasteiger partial charge in [-0.1, -0.05) is 6.92 Å². The summed E-state index contributed by atoms with van der Waals surface area (Å²) in [4.78, 5) is 11.0. The number of nitrogens with two attached hydrogens (primary N) is 1. The van der Waals surface area contributed by atoms with Gasteiger partial charge in [0.05, 0.1) is 0 Å². The van der Waals surface area contributed by atoms with E-state index in [1.165, 1.54) is 0 Å². The number of halogens is 1. The van der Waals surface area contributed by atoms with E-state index in [2.05, 4.69) is 0 Å². The zero-order valence-electron chi connectivity index (χ0n) is 9.23. The molecule has 0 radical (unpaired) electrons. The molecule has 0 aliphatic heterocycles. The van der Waals surface area contributed by atoms with Gasteiger partial charge >= 0.3 is 5.97 Å². The molecule has 15 heavy (non-hydrogen) atoms. The Morgan fingerprint density at radius 1 is 1.67 bits per heavy atom. The third kappa shape index (κ3) is 3.06. The van der Waals surface area contributed by atoms with Crippen molar-refractivity contribution >= 4 is 18.4 Å². The molecule has 1 aliphatic carbocycles. The lowest BCUT2D eigenvalue weighted by Crippen LogP contribution is -2.56. The van der Waals surface area contributed by atoms with E-state index in [1.807, 2.05) is 6.92 Å². The summed E-state index contributed by atoms with van der Waals surface area (Å²) in [5, 5.41) is 9.03. The zero-order valence-corrected chi connectivity index (χ0v) is 10.0. The molecule has 0 aromatic rings. The SMILES string of the molecule is COCC1CC[C@@](N)(C(=O)O)[C@@H](C)C1.Cl.